The van der Waals surface area contributed by atoms with Gasteiger partial charge in [0.15, 0.2) is 0 Å². The van der Waals surface area contributed by atoms with Crippen molar-refractivity contribution in [2.24, 2.45) is 0 Å². The van der Waals surface area contributed by atoms with Gasteiger partial charge in [0.25, 0.3) is 0 Å². The molecule has 5 nitrogen and oxygen atoms in total. The van der Waals surface area contributed by atoms with Gasteiger partial charge >= 0.3 is 0 Å². The molecular weight excluding hydrogens is 308 g/mol. The fourth-order valence-corrected chi connectivity index (χ4v) is 3.42. The molecule has 3 rings (SSSR count). The minimum atomic E-state index is -1.29. The number of aliphatic hydroxyl groups is 4. The molecule has 0 aromatic heterocycles. The van der Waals surface area contributed by atoms with Crippen LogP contribution in [-0.4, -0.2) is 57.6 Å². The zero-order chi connectivity index (χ0) is 17.1. The SMILES string of the molecule is OC[C@H]1O[C@H](CCCc2cccc3ccccc23)[C@@H](O)[C@@H](O)[C@@H]1O. The standard InChI is InChI=1S/C19H24O5/c20-11-16-18(22)19(23)17(21)15(24-16)10-4-8-13-7-3-6-12-5-1-2-9-14(12)13/h1-3,5-7,9,15-23H,4,8,10-11H2/t15-,16-,17-,18-,19-/m1/s1. The number of benzene rings is 2. The monoisotopic (exact) mass is 332 g/mol. The quantitative estimate of drug-likeness (QED) is 0.656. The van der Waals surface area contributed by atoms with Crippen LogP contribution in [0.25, 0.3) is 10.8 Å². The van der Waals surface area contributed by atoms with E-state index < -0.39 is 30.5 Å². The molecule has 0 aliphatic carbocycles. The van der Waals surface area contributed by atoms with E-state index in [-0.39, 0.29) is 6.61 Å². The van der Waals surface area contributed by atoms with E-state index in [2.05, 4.69) is 24.3 Å². The molecule has 1 fully saturated rings. The maximum Gasteiger partial charge on any atom is 0.111 e. The number of ether oxygens (including phenoxy) is 1. The summed E-state index contributed by atoms with van der Waals surface area (Å²) < 4.78 is 5.55. The molecular formula is C19H24O5. The van der Waals surface area contributed by atoms with Crippen molar-refractivity contribution in [2.75, 3.05) is 6.61 Å². The Hall–Kier alpha value is -1.50. The molecule has 0 radical (unpaired) electrons. The molecule has 0 amide bonds. The molecule has 4 N–H and O–H groups in total. The van der Waals surface area contributed by atoms with E-state index in [0.29, 0.717) is 6.42 Å². The van der Waals surface area contributed by atoms with Crippen LogP contribution in [0.1, 0.15) is 18.4 Å². The van der Waals surface area contributed by atoms with Crippen molar-refractivity contribution in [1.82, 2.24) is 0 Å². The zero-order valence-electron chi connectivity index (χ0n) is 13.5. The maximum atomic E-state index is 10.1. The second kappa shape index (κ2) is 7.59. The molecule has 1 aliphatic rings. The molecule has 0 unspecified atom stereocenters. The Balaban J connectivity index is 1.63. The average Bonchev–Trinajstić information content (AvgIpc) is 2.62. The van der Waals surface area contributed by atoms with E-state index in [1.165, 1.54) is 16.3 Å². The highest BCUT2D eigenvalue weighted by molar-refractivity contribution is 5.85. The Labute approximate surface area is 141 Å². The van der Waals surface area contributed by atoms with Gasteiger partial charge in [0, 0.05) is 0 Å². The lowest BCUT2D eigenvalue weighted by molar-refractivity contribution is -0.230. The van der Waals surface area contributed by atoms with E-state index in [1.54, 1.807) is 0 Å². The molecule has 2 aromatic carbocycles. The van der Waals surface area contributed by atoms with Crippen LogP contribution in [0.3, 0.4) is 0 Å². The van der Waals surface area contributed by atoms with Crippen LogP contribution >= 0.6 is 0 Å². The van der Waals surface area contributed by atoms with Crippen LogP contribution in [0, 0.1) is 0 Å². The summed E-state index contributed by atoms with van der Waals surface area (Å²) in [6.07, 6.45) is -2.99. The molecule has 0 saturated carbocycles. The van der Waals surface area contributed by atoms with Gasteiger partial charge in [-0.3, -0.25) is 0 Å². The van der Waals surface area contributed by atoms with Gasteiger partial charge in [-0.15, -0.1) is 0 Å². The van der Waals surface area contributed by atoms with Crippen molar-refractivity contribution < 1.29 is 25.2 Å². The van der Waals surface area contributed by atoms with Crippen LogP contribution in [0.2, 0.25) is 0 Å². The van der Waals surface area contributed by atoms with Gasteiger partial charge in [0.2, 0.25) is 0 Å². The van der Waals surface area contributed by atoms with Gasteiger partial charge in [-0.1, -0.05) is 42.5 Å². The van der Waals surface area contributed by atoms with E-state index >= 15 is 0 Å². The molecule has 5 atom stereocenters. The number of rotatable bonds is 5. The summed E-state index contributed by atoms with van der Waals surface area (Å²) in [7, 11) is 0. The number of hydrogen-bond donors (Lipinski definition) is 4. The molecule has 5 heteroatoms. The molecule has 1 aliphatic heterocycles. The molecule has 2 aromatic rings. The highest BCUT2D eigenvalue weighted by Crippen LogP contribution is 2.26. The number of fused-ring (bicyclic) bond motifs is 1. The topological polar surface area (TPSA) is 90.2 Å². The van der Waals surface area contributed by atoms with E-state index in [4.69, 9.17) is 4.74 Å². The maximum absolute atomic E-state index is 10.1. The molecule has 1 heterocycles. The van der Waals surface area contributed by atoms with E-state index in [9.17, 15) is 20.4 Å². The largest absolute Gasteiger partial charge is 0.394 e. The van der Waals surface area contributed by atoms with Crippen LogP contribution in [-0.2, 0) is 11.2 Å². The Morgan fingerprint density at radius 2 is 1.54 bits per heavy atom. The molecule has 24 heavy (non-hydrogen) atoms. The summed E-state index contributed by atoms with van der Waals surface area (Å²) in [5, 5.41) is 41.4. The predicted molar refractivity (Wildman–Crippen MR) is 90.7 cm³/mol. The number of aryl methyl sites for hydroxylation is 1. The second-order valence-electron chi connectivity index (χ2n) is 6.40. The van der Waals surface area contributed by atoms with Crippen LogP contribution in [0.15, 0.2) is 42.5 Å². The summed E-state index contributed by atoms with van der Waals surface area (Å²) in [5.74, 6) is 0. The van der Waals surface area contributed by atoms with Crippen LogP contribution in [0.4, 0.5) is 0 Å². The minimum Gasteiger partial charge on any atom is -0.394 e. The Morgan fingerprint density at radius 3 is 2.33 bits per heavy atom. The molecule has 0 bridgehead atoms. The summed E-state index contributed by atoms with van der Waals surface area (Å²) in [6, 6.07) is 14.4. The van der Waals surface area contributed by atoms with E-state index in [0.717, 1.165) is 12.8 Å². The van der Waals surface area contributed by atoms with Crippen molar-refractivity contribution in [1.29, 1.82) is 0 Å². The van der Waals surface area contributed by atoms with E-state index in [1.807, 2.05) is 18.2 Å². The summed E-state index contributed by atoms with van der Waals surface area (Å²) in [5.41, 5.74) is 1.23. The summed E-state index contributed by atoms with van der Waals surface area (Å²) >= 11 is 0. The number of aliphatic hydroxyl groups excluding tert-OH is 4. The third-order valence-corrected chi connectivity index (χ3v) is 4.81. The van der Waals surface area contributed by atoms with Crippen molar-refractivity contribution in [3.63, 3.8) is 0 Å². The number of hydrogen-bond acceptors (Lipinski definition) is 5. The first-order valence-corrected chi connectivity index (χ1v) is 8.39. The van der Waals surface area contributed by atoms with Crippen LogP contribution in [0.5, 0.6) is 0 Å². The smallest absolute Gasteiger partial charge is 0.111 e. The van der Waals surface area contributed by atoms with Crippen molar-refractivity contribution in [3.05, 3.63) is 48.0 Å². The molecule has 130 valence electrons. The van der Waals surface area contributed by atoms with Gasteiger partial charge in [-0.05, 0) is 35.6 Å². The average molecular weight is 332 g/mol. The van der Waals surface area contributed by atoms with Crippen molar-refractivity contribution >= 4 is 10.8 Å². The Morgan fingerprint density at radius 1 is 0.833 bits per heavy atom. The third kappa shape index (κ3) is 3.45. The Bertz CT molecular complexity index is 666. The lowest BCUT2D eigenvalue weighted by atomic mass is 9.91. The normalized spacial score (nSPS) is 30.6. The van der Waals surface area contributed by atoms with Crippen molar-refractivity contribution in [3.8, 4) is 0 Å². The highest BCUT2D eigenvalue weighted by Gasteiger charge is 2.42. The first-order valence-electron chi connectivity index (χ1n) is 8.39. The van der Waals surface area contributed by atoms with Gasteiger partial charge in [-0.2, -0.15) is 0 Å². The fourth-order valence-electron chi connectivity index (χ4n) is 3.42. The van der Waals surface area contributed by atoms with Crippen LogP contribution < -0.4 is 0 Å². The molecule has 0 spiro atoms. The first kappa shape index (κ1) is 17.3. The Kier molecular flexibility index (Phi) is 5.48. The first-order chi connectivity index (χ1) is 11.6. The predicted octanol–water partition coefficient (Wildman–Crippen LogP) is 1.00. The summed E-state index contributed by atoms with van der Waals surface area (Å²) in [4.78, 5) is 0. The minimum absolute atomic E-state index is 0.384. The van der Waals surface area contributed by atoms with Gasteiger partial charge in [0.1, 0.15) is 24.4 Å². The third-order valence-electron chi connectivity index (χ3n) is 4.81. The van der Waals surface area contributed by atoms with Gasteiger partial charge in [0.05, 0.1) is 12.7 Å². The second-order valence-corrected chi connectivity index (χ2v) is 6.40. The zero-order valence-corrected chi connectivity index (χ0v) is 13.5. The lowest BCUT2D eigenvalue weighted by Gasteiger charge is -2.40. The fraction of sp³-hybridized carbons (Fsp3) is 0.474. The van der Waals surface area contributed by atoms with Gasteiger partial charge in [-0.25, -0.2) is 0 Å². The summed E-state index contributed by atoms with van der Waals surface area (Å²) in [6.45, 7) is -0.384. The van der Waals surface area contributed by atoms with Crippen molar-refractivity contribution in [2.45, 2.75) is 49.8 Å². The van der Waals surface area contributed by atoms with Gasteiger partial charge < -0.3 is 25.2 Å². The molecule has 1 saturated heterocycles. The highest BCUT2D eigenvalue weighted by atomic mass is 16.5. The lowest BCUT2D eigenvalue weighted by Crippen LogP contribution is -2.58.